The van der Waals surface area contributed by atoms with E-state index in [2.05, 4.69) is 45.4 Å². The molecule has 0 aliphatic carbocycles. The zero-order valence-electron chi connectivity index (χ0n) is 8.95. The maximum absolute atomic E-state index is 12.2. The van der Waals surface area contributed by atoms with E-state index in [1.165, 1.54) is 2.88 Å². The van der Waals surface area contributed by atoms with E-state index in [4.69, 9.17) is 0 Å². The number of piperidine rings is 1. The molecule has 0 radical (unpaired) electrons. The van der Waals surface area contributed by atoms with Crippen LogP contribution >= 0.6 is 49.9 Å². The fourth-order valence-corrected chi connectivity index (χ4v) is 3.75. The number of likely N-dealkylation sites (tertiary alicyclic amines) is 1. The van der Waals surface area contributed by atoms with Crippen molar-refractivity contribution in [3.63, 3.8) is 0 Å². The maximum Gasteiger partial charge on any atom is 0.254 e. The molecule has 1 aromatic rings. The summed E-state index contributed by atoms with van der Waals surface area (Å²) in [6, 6.07) is 1.97. The lowest BCUT2D eigenvalue weighted by Crippen LogP contribution is -2.43. The molecule has 2 atom stereocenters. The van der Waals surface area contributed by atoms with Gasteiger partial charge in [0.05, 0.1) is 8.45 Å². The Labute approximate surface area is 122 Å². The molecule has 0 N–H and O–H groups in total. The van der Waals surface area contributed by atoms with Crippen molar-refractivity contribution < 1.29 is 4.79 Å². The Bertz CT molecular complexity index is 395. The van der Waals surface area contributed by atoms with E-state index in [1.807, 2.05) is 16.3 Å². The number of alkyl halides is 1. The van der Waals surface area contributed by atoms with Crippen molar-refractivity contribution in [2.45, 2.75) is 18.2 Å². The summed E-state index contributed by atoms with van der Waals surface area (Å²) in [5.74, 6) is 0.835. The van der Waals surface area contributed by atoms with Crippen molar-refractivity contribution in [3.05, 3.63) is 19.9 Å². The molecule has 0 aromatic carbocycles. The van der Waals surface area contributed by atoms with Crippen LogP contribution in [0.2, 0.25) is 0 Å². The molecule has 0 saturated carbocycles. The quantitative estimate of drug-likeness (QED) is 0.508. The van der Waals surface area contributed by atoms with E-state index in [1.54, 1.807) is 11.3 Å². The minimum Gasteiger partial charge on any atom is -0.337 e. The van der Waals surface area contributed by atoms with Crippen LogP contribution in [0.5, 0.6) is 0 Å². The molecule has 2 heterocycles. The average Bonchev–Trinajstić information content (AvgIpc) is 2.68. The van der Waals surface area contributed by atoms with Crippen LogP contribution in [0.3, 0.4) is 0 Å². The Morgan fingerprint density at radius 2 is 2.44 bits per heavy atom. The Hall–Kier alpha value is 0.380. The molecule has 1 aliphatic rings. The standard InChI is InChI=1S/C11H13BrINOS/c1-7-2-3-14(5-9(7)12)11(15)8-4-10(13)16-6-8/h4,6-7,9H,2-3,5H2,1H3. The molecule has 16 heavy (non-hydrogen) atoms. The molecule has 1 aliphatic heterocycles. The summed E-state index contributed by atoms with van der Waals surface area (Å²) >= 11 is 7.52. The van der Waals surface area contributed by atoms with E-state index in [9.17, 15) is 4.79 Å². The second kappa shape index (κ2) is 5.35. The highest BCUT2D eigenvalue weighted by atomic mass is 127. The van der Waals surface area contributed by atoms with Gasteiger partial charge in [-0.3, -0.25) is 4.79 Å². The lowest BCUT2D eigenvalue weighted by Gasteiger charge is -2.34. The minimum atomic E-state index is 0.176. The highest BCUT2D eigenvalue weighted by Gasteiger charge is 2.27. The molecule has 1 amide bonds. The summed E-state index contributed by atoms with van der Waals surface area (Å²) in [6.07, 6.45) is 1.09. The third kappa shape index (κ3) is 2.79. The van der Waals surface area contributed by atoms with E-state index in [0.717, 1.165) is 25.1 Å². The van der Waals surface area contributed by atoms with E-state index in [-0.39, 0.29) is 5.91 Å². The van der Waals surface area contributed by atoms with E-state index >= 15 is 0 Å². The van der Waals surface area contributed by atoms with Gasteiger partial charge in [0.25, 0.3) is 5.91 Å². The van der Waals surface area contributed by atoms with Crippen LogP contribution in [0.15, 0.2) is 11.4 Å². The van der Waals surface area contributed by atoms with Crippen LogP contribution in [-0.4, -0.2) is 28.7 Å². The Balaban J connectivity index is 2.06. The Morgan fingerprint density at radius 1 is 1.69 bits per heavy atom. The van der Waals surface area contributed by atoms with Gasteiger partial charge in [0, 0.05) is 23.3 Å². The molecule has 0 bridgehead atoms. The number of carbonyl (C=O) groups excluding carboxylic acids is 1. The molecule has 5 heteroatoms. The van der Waals surface area contributed by atoms with Gasteiger partial charge in [0.2, 0.25) is 0 Å². The van der Waals surface area contributed by atoms with Gasteiger partial charge in [0.1, 0.15) is 0 Å². The summed E-state index contributed by atoms with van der Waals surface area (Å²) in [5.41, 5.74) is 0.837. The number of rotatable bonds is 1. The fourth-order valence-electron chi connectivity index (χ4n) is 1.81. The Kier molecular flexibility index (Phi) is 4.29. The molecule has 2 nitrogen and oxygen atoms in total. The van der Waals surface area contributed by atoms with Crippen molar-refractivity contribution in [1.29, 1.82) is 0 Å². The highest BCUT2D eigenvalue weighted by molar-refractivity contribution is 14.1. The monoisotopic (exact) mass is 413 g/mol. The lowest BCUT2D eigenvalue weighted by atomic mass is 9.99. The third-order valence-corrected chi connectivity index (χ3v) is 5.95. The normalized spacial score (nSPS) is 25.8. The highest BCUT2D eigenvalue weighted by Crippen LogP contribution is 2.25. The maximum atomic E-state index is 12.2. The van der Waals surface area contributed by atoms with Gasteiger partial charge in [0.15, 0.2) is 0 Å². The predicted molar refractivity (Wildman–Crippen MR) is 79.4 cm³/mol. The van der Waals surface area contributed by atoms with Crippen LogP contribution in [0.4, 0.5) is 0 Å². The first-order chi connectivity index (χ1) is 7.58. The van der Waals surface area contributed by atoms with Crippen LogP contribution in [-0.2, 0) is 0 Å². The first-order valence-corrected chi connectivity index (χ1v) is 8.12. The average molecular weight is 414 g/mol. The third-order valence-electron chi connectivity index (χ3n) is 2.97. The SMILES string of the molecule is CC1CCN(C(=O)c2csc(I)c2)CC1Br. The lowest BCUT2D eigenvalue weighted by molar-refractivity contribution is 0.0706. The van der Waals surface area contributed by atoms with Crippen LogP contribution in [0.25, 0.3) is 0 Å². The van der Waals surface area contributed by atoms with Gasteiger partial charge < -0.3 is 4.90 Å². The molecular weight excluding hydrogens is 401 g/mol. The number of hydrogen-bond donors (Lipinski definition) is 0. The van der Waals surface area contributed by atoms with Gasteiger partial charge in [-0.25, -0.2) is 0 Å². The van der Waals surface area contributed by atoms with Crippen LogP contribution < -0.4 is 0 Å². The smallest absolute Gasteiger partial charge is 0.254 e. The van der Waals surface area contributed by atoms with Crippen molar-refractivity contribution in [1.82, 2.24) is 4.90 Å². The first-order valence-electron chi connectivity index (χ1n) is 5.25. The summed E-state index contributed by atoms with van der Waals surface area (Å²) in [7, 11) is 0. The van der Waals surface area contributed by atoms with Gasteiger partial charge in [-0.2, -0.15) is 0 Å². The molecule has 1 fully saturated rings. The molecule has 2 rings (SSSR count). The summed E-state index contributed by atoms with van der Waals surface area (Å²) in [4.78, 5) is 14.6. The zero-order valence-corrected chi connectivity index (χ0v) is 13.5. The number of halogens is 2. The topological polar surface area (TPSA) is 20.3 Å². The predicted octanol–water partition coefficient (Wildman–Crippen LogP) is 3.60. The number of nitrogens with zero attached hydrogens (tertiary/aromatic N) is 1. The van der Waals surface area contributed by atoms with Crippen LogP contribution in [0.1, 0.15) is 23.7 Å². The largest absolute Gasteiger partial charge is 0.337 e. The molecule has 2 unspecified atom stereocenters. The van der Waals surface area contributed by atoms with Crippen molar-refractivity contribution in [2.75, 3.05) is 13.1 Å². The minimum absolute atomic E-state index is 0.176. The molecular formula is C11H13BrINOS. The van der Waals surface area contributed by atoms with Gasteiger partial charge in [-0.05, 0) is 41.0 Å². The number of carbonyl (C=O) groups is 1. The zero-order chi connectivity index (χ0) is 11.7. The van der Waals surface area contributed by atoms with Crippen molar-refractivity contribution >= 4 is 55.8 Å². The molecule has 1 saturated heterocycles. The second-order valence-electron chi connectivity index (χ2n) is 4.17. The van der Waals surface area contributed by atoms with Crippen molar-refractivity contribution in [3.8, 4) is 0 Å². The number of amides is 1. The second-order valence-corrected chi connectivity index (χ2v) is 8.15. The summed E-state index contributed by atoms with van der Waals surface area (Å²) < 4.78 is 1.17. The molecule has 88 valence electrons. The van der Waals surface area contributed by atoms with E-state index in [0.29, 0.717) is 10.7 Å². The van der Waals surface area contributed by atoms with Gasteiger partial charge in [-0.1, -0.05) is 22.9 Å². The van der Waals surface area contributed by atoms with Gasteiger partial charge >= 0.3 is 0 Å². The number of thiophene rings is 1. The van der Waals surface area contributed by atoms with Gasteiger partial charge in [-0.15, -0.1) is 11.3 Å². The summed E-state index contributed by atoms with van der Waals surface area (Å²) in [5, 5.41) is 1.95. The summed E-state index contributed by atoms with van der Waals surface area (Å²) in [6.45, 7) is 3.94. The Morgan fingerprint density at radius 3 is 3.00 bits per heavy atom. The molecule has 0 spiro atoms. The fraction of sp³-hybridized carbons (Fsp3) is 0.545. The number of hydrogen-bond acceptors (Lipinski definition) is 2. The first kappa shape index (κ1) is 12.8. The van der Waals surface area contributed by atoms with Crippen molar-refractivity contribution in [2.24, 2.45) is 5.92 Å². The van der Waals surface area contributed by atoms with E-state index < -0.39 is 0 Å². The van der Waals surface area contributed by atoms with Crippen LogP contribution in [0, 0.1) is 8.80 Å². The molecule has 1 aromatic heterocycles.